The van der Waals surface area contributed by atoms with Crippen molar-refractivity contribution in [3.05, 3.63) is 34.9 Å². The molecule has 1 atom stereocenters. The number of nitrogens with one attached hydrogen (secondary N) is 1. The summed E-state index contributed by atoms with van der Waals surface area (Å²) >= 11 is 5.82. The van der Waals surface area contributed by atoms with Crippen molar-refractivity contribution in [3.8, 4) is 0 Å². The number of aliphatic hydroxyl groups excluding tert-OH is 1. The van der Waals surface area contributed by atoms with Crippen molar-refractivity contribution in [1.82, 2.24) is 5.32 Å². The molecule has 0 spiro atoms. The van der Waals surface area contributed by atoms with Crippen molar-refractivity contribution in [2.75, 3.05) is 26.3 Å². The lowest BCUT2D eigenvalue weighted by Gasteiger charge is -2.11. The van der Waals surface area contributed by atoms with Gasteiger partial charge in [0.25, 0.3) is 0 Å². The molecule has 0 aliphatic rings. The van der Waals surface area contributed by atoms with E-state index in [1.807, 2.05) is 12.1 Å². The van der Waals surface area contributed by atoms with Gasteiger partial charge in [-0.1, -0.05) is 37.1 Å². The van der Waals surface area contributed by atoms with Gasteiger partial charge < -0.3 is 15.2 Å². The maximum absolute atomic E-state index is 10.0. The van der Waals surface area contributed by atoms with Crippen molar-refractivity contribution < 1.29 is 9.84 Å². The molecule has 0 aliphatic heterocycles. The van der Waals surface area contributed by atoms with E-state index in [4.69, 9.17) is 16.3 Å². The largest absolute Gasteiger partial charge is 0.388 e. The van der Waals surface area contributed by atoms with Gasteiger partial charge in [-0.05, 0) is 50.0 Å². The van der Waals surface area contributed by atoms with E-state index < -0.39 is 6.10 Å². The summed E-state index contributed by atoms with van der Waals surface area (Å²) in [6.45, 7) is 5.58. The van der Waals surface area contributed by atoms with Crippen molar-refractivity contribution in [2.45, 2.75) is 38.7 Å². The van der Waals surface area contributed by atoms with Gasteiger partial charge >= 0.3 is 0 Å². The molecule has 1 unspecified atom stereocenters. The summed E-state index contributed by atoms with van der Waals surface area (Å²) in [7, 11) is 0. The van der Waals surface area contributed by atoms with E-state index in [9.17, 15) is 5.11 Å². The molecule has 0 bridgehead atoms. The van der Waals surface area contributed by atoms with E-state index in [1.54, 1.807) is 12.1 Å². The van der Waals surface area contributed by atoms with Gasteiger partial charge in [0, 0.05) is 18.2 Å². The second kappa shape index (κ2) is 11.1. The van der Waals surface area contributed by atoms with Crippen LogP contribution in [0.15, 0.2) is 24.3 Å². The Morgan fingerprint density at radius 1 is 1.15 bits per heavy atom. The highest BCUT2D eigenvalue weighted by atomic mass is 35.5. The molecule has 1 rings (SSSR count). The van der Waals surface area contributed by atoms with E-state index >= 15 is 0 Å². The van der Waals surface area contributed by atoms with Crippen LogP contribution in [-0.2, 0) is 4.74 Å². The van der Waals surface area contributed by atoms with Crippen molar-refractivity contribution >= 4 is 11.6 Å². The predicted molar refractivity (Wildman–Crippen MR) is 84.2 cm³/mol. The number of hydrogen-bond acceptors (Lipinski definition) is 3. The van der Waals surface area contributed by atoms with Gasteiger partial charge in [-0.15, -0.1) is 0 Å². The number of benzene rings is 1. The van der Waals surface area contributed by atoms with Crippen molar-refractivity contribution in [1.29, 1.82) is 0 Å². The lowest BCUT2D eigenvalue weighted by molar-refractivity contribution is 0.128. The van der Waals surface area contributed by atoms with Gasteiger partial charge in [-0.2, -0.15) is 0 Å². The number of halogens is 1. The van der Waals surface area contributed by atoms with Gasteiger partial charge in [0.1, 0.15) is 0 Å². The molecule has 0 fully saturated rings. The molecule has 0 heterocycles. The normalized spacial score (nSPS) is 12.6. The summed E-state index contributed by atoms with van der Waals surface area (Å²) in [6.07, 6.45) is 3.61. The molecule has 20 heavy (non-hydrogen) atoms. The van der Waals surface area contributed by atoms with E-state index in [0.29, 0.717) is 11.4 Å². The van der Waals surface area contributed by atoms with Crippen LogP contribution in [0.3, 0.4) is 0 Å². The van der Waals surface area contributed by atoms with Crippen molar-refractivity contribution in [2.24, 2.45) is 0 Å². The highest BCUT2D eigenvalue weighted by molar-refractivity contribution is 6.30. The summed E-state index contributed by atoms with van der Waals surface area (Å²) in [6, 6.07) is 7.35. The third kappa shape index (κ3) is 7.85. The topological polar surface area (TPSA) is 41.5 Å². The van der Waals surface area contributed by atoms with Crippen LogP contribution < -0.4 is 5.32 Å². The molecular weight excluding hydrogens is 274 g/mol. The first-order valence-electron chi connectivity index (χ1n) is 7.46. The Labute approximate surface area is 127 Å². The van der Waals surface area contributed by atoms with Crippen LogP contribution in [0.2, 0.25) is 5.02 Å². The summed E-state index contributed by atoms with van der Waals surface area (Å²) in [4.78, 5) is 0. The minimum atomic E-state index is -0.430. The molecule has 0 saturated carbocycles. The summed E-state index contributed by atoms with van der Waals surface area (Å²) < 4.78 is 5.48. The number of rotatable bonds is 11. The standard InChI is InChI=1S/C16H26ClNO2/c1-2-3-12-20-13-4-10-18-11-9-16(19)14-5-7-15(17)8-6-14/h5-8,16,18-19H,2-4,9-13H2,1H3. The van der Waals surface area contributed by atoms with E-state index in [1.165, 1.54) is 6.42 Å². The molecule has 0 radical (unpaired) electrons. The lowest BCUT2D eigenvalue weighted by atomic mass is 10.1. The van der Waals surface area contributed by atoms with Crippen LogP contribution in [-0.4, -0.2) is 31.4 Å². The van der Waals surface area contributed by atoms with Crippen LogP contribution in [0.4, 0.5) is 0 Å². The van der Waals surface area contributed by atoms with Gasteiger partial charge in [-0.25, -0.2) is 0 Å². The summed E-state index contributed by atoms with van der Waals surface area (Å²) in [5.74, 6) is 0. The fourth-order valence-electron chi connectivity index (χ4n) is 1.86. The van der Waals surface area contributed by atoms with Crippen LogP contribution in [0, 0.1) is 0 Å². The highest BCUT2D eigenvalue weighted by Gasteiger charge is 2.06. The van der Waals surface area contributed by atoms with Gasteiger partial charge in [0.15, 0.2) is 0 Å². The molecule has 1 aromatic carbocycles. The zero-order chi connectivity index (χ0) is 14.6. The molecule has 114 valence electrons. The third-order valence-electron chi connectivity index (χ3n) is 3.13. The number of aliphatic hydroxyl groups is 1. The predicted octanol–water partition coefficient (Wildman–Crippen LogP) is 3.56. The molecule has 0 amide bonds. The monoisotopic (exact) mass is 299 g/mol. The Bertz CT molecular complexity index is 343. The van der Waals surface area contributed by atoms with Crippen LogP contribution in [0.25, 0.3) is 0 Å². The SMILES string of the molecule is CCCCOCCCNCCC(O)c1ccc(Cl)cc1. The van der Waals surface area contributed by atoms with E-state index in [0.717, 1.165) is 44.7 Å². The van der Waals surface area contributed by atoms with Gasteiger partial charge in [0.2, 0.25) is 0 Å². The molecule has 4 heteroatoms. The Balaban J connectivity index is 1.99. The molecule has 1 aromatic rings. The second-order valence-electron chi connectivity index (χ2n) is 4.93. The quantitative estimate of drug-likeness (QED) is 0.614. The van der Waals surface area contributed by atoms with Gasteiger partial charge in [0.05, 0.1) is 6.10 Å². The minimum Gasteiger partial charge on any atom is -0.388 e. The average Bonchev–Trinajstić information content (AvgIpc) is 2.46. The number of ether oxygens (including phenoxy) is 1. The maximum Gasteiger partial charge on any atom is 0.0802 e. The van der Waals surface area contributed by atoms with Crippen LogP contribution in [0.1, 0.15) is 44.3 Å². The zero-order valence-corrected chi connectivity index (χ0v) is 13.0. The first-order valence-corrected chi connectivity index (χ1v) is 7.84. The fraction of sp³-hybridized carbons (Fsp3) is 0.625. The third-order valence-corrected chi connectivity index (χ3v) is 3.39. The van der Waals surface area contributed by atoms with Crippen LogP contribution in [0.5, 0.6) is 0 Å². The lowest BCUT2D eigenvalue weighted by Crippen LogP contribution is -2.20. The molecular formula is C16H26ClNO2. The smallest absolute Gasteiger partial charge is 0.0802 e. The van der Waals surface area contributed by atoms with E-state index in [2.05, 4.69) is 12.2 Å². The summed E-state index contributed by atoms with van der Waals surface area (Å²) in [5.41, 5.74) is 0.916. The van der Waals surface area contributed by atoms with Crippen molar-refractivity contribution in [3.63, 3.8) is 0 Å². The Kier molecular flexibility index (Phi) is 9.67. The number of hydrogen-bond donors (Lipinski definition) is 2. The average molecular weight is 300 g/mol. The minimum absolute atomic E-state index is 0.430. The van der Waals surface area contributed by atoms with Gasteiger partial charge in [-0.3, -0.25) is 0 Å². The molecule has 3 nitrogen and oxygen atoms in total. The Hall–Kier alpha value is -0.610. The highest BCUT2D eigenvalue weighted by Crippen LogP contribution is 2.18. The molecule has 0 saturated heterocycles. The molecule has 0 aliphatic carbocycles. The molecule has 2 N–H and O–H groups in total. The van der Waals surface area contributed by atoms with Crippen LogP contribution >= 0.6 is 11.6 Å². The van der Waals surface area contributed by atoms with E-state index in [-0.39, 0.29) is 0 Å². The first-order chi connectivity index (χ1) is 9.74. The molecule has 0 aromatic heterocycles. The maximum atomic E-state index is 10.0. The second-order valence-corrected chi connectivity index (χ2v) is 5.36. The Morgan fingerprint density at radius 2 is 1.85 bits per heavy atom. The summed E-state index contributed by atoms with van der Waals surface area (Å²) in [5, 5.41) is 14.0. The first kappa shape index (κ1) is 17.4. The Morgan fingerprint density at radius 3 is 2.55 bits per heavy atom. The fourth-order valence-corrected chi connectivity index (χ4v) is 1.99. The zero-order valence-electron chi connectivity index (χ0n) is 12.3. The number of unbranched alkanes of at least 4 members (excludes halogenated alkanes) is 1.